The summed E-state index contributed by atoms with van der Waals surface area (Å²) in [6.07, 6.45) is -4.50. The molecule has 14 atom stereocenters. The summed E-state index contributed by atoms with van der Waals surface area (Å²) in [6.45, 7) is 18.6. The van der Waals surface area contributed by atoms with Crippen molar-refractivity contribution in [1.29, 1.82) is 0 Å². The number of nitrogens with zero attached hydrogens (tertiary/aromatic N) is 1. The van der Waals surface area contributed by atoms with Crippen LogP contribution in [0.5, 0.6) is 0 Å². The first-order chi connectivity index (χ1) is 27.6. The fourth-order valence-corrected chi connectivity index (χ4v) is 9.05. The lowest BCUT2D eigenvalue weighted by Crippen LogP contribution is -2.60. The van der Waals surface area contributed by atoms with Gasteiger partial charge in [0, 0.05) is 30.0 Å². The maximum absolute atomic E-state index is 13.9. The van der Waals surface area contributed by atoms with E-state index in [4.69, 9.17) is 34.2 Å². The molecule has 2 bridgehead atoms. The van der Waals surface area contributed by atoms with Gasteiger partial charge in [0.2, 0.25) is 5.91 Å². The zero-order valence-electron chi connectivity index (χ0n) is 36.5. The Morgan fingerprint density at radius 1 is 1.08 bits per heavy atom. The summed E-state index contributed by atoms with van der Waals surface area (Å²) >= 11 is 0. The van der Waals surface area contributed by atoms with Gasteiger partial charge >= 0.3 is 12.1 Å². The van der Waals surface area contributed by atoms with Crippen LogP contribution >= 0.6 is 0 Å². The number of esters is 1. The van der Waals surface area contributed by atoms with E-state index < -0.39 is 83.7 Å². The molecule has 0 aliphatic carbocycles. The molecule has 0 spiro atoms. The van der Waals surface area contributed by atoms with E-state index in [1.807, 2.05) is 46.7 Å². The number of fused-ring (bicyclic) bond motifs is 5. The van der Waals surface area contributed by atoms with Gasteiger partial charge in [-0.25, -0.2) is 4.79 Å². The summed E-state index contributed by atoms with van der Waals surface area (Å²) in [4.78, 5) is 40.4. The minimum atomic E-state index is -1.74. The number of nitrogens with one attached hydrogen (secondary N) is 1. The number of likely N-dealkylation sites (N-methyl/N-ethyl adjacent to an activating group) is 1. The van der Waals surface area contributed by atoms with Gasteiger partial charge in [-0.05, 0) is 96.3 Å². The Hall–Kier alpha value is -3.41. The van der Waals surface area contributed by atoms with Gasteiger partial charge in [0.05, 0.1) is 49.1 Å². The number of hydrogen-bond donors (Lipinski definition) is 5. The van der Waals surface area contributed by atoms with Gasteiger partial charge in [-0.15, -0.1) is 0 Å². The number of aliphatic hydroxyl groups is 3. The van der Waals surface area contributed by atoms with Crippen molar-refractivity contribution in [2.45, 2.75) is 141 Å². The lowest BCUT2D eigenvalue weighted by molar-refractivity contribution is -0.303. The van der Waals surface area contributed by atoms with Crippen LogP contribution in [0.4, 0.5) is 4.79 Å². The highest BCUT2D eigenvalue weighted by Crippen LogP contribution is 2.43. The number of aliphatic hydroxyl groups excluding tert-OH is 2. The zero-order chi connectivity index (χ0) is 44.0. The van der Waals surface area contributed by atoms with E-state index in [0.29, 0.717) is 23.1 Å². The second-order valence-corrected chi connectivity index (χ2v) is 17.5. The highest BCUT2D eigenvalue weighted by molar-refractivity contribution is 5.92. The predicted octanol–water partition coefficient (Wildman–Crippen LogP) is 3.86. The SMILES string of the molecule is C=C1COC2[C@@H](C)/C(=C/COC(=O)NCc3cccc(C(N)=O)c3)[C@H](C)C[C@@](C)(OC1)[C@H](OC1O[C@H](C)C[C@H](N(C)C)[C@H]1O)[C@@H](C)[C@H](O)[C@@H](C)C(=O)O[C@H](CC)[C@@]2(C)O. The molecule has 1 aromatic carbocycles. The molecule has 59 heavy (non-hydrogen) atoms. The largest absolute Gasteiger partial charge is 0.459 e. The molecule has 3 aliphatic rings. The Bertz CT molecular complexity index is 1650. The smallest absolute Gasteiger partial charge is 0.407 e. The second kappa shape index (κ2) is 20.4. The van der Waals surface area contributed by atoms with Gasteiger partial charge in [0.1, 0.15) is 24.4 Å². The van der Waals surface area contributed by atoms with Crippen LogP contribution in [0.3, 0.4) is 0 Å². The van der Waals surface area contributed by atoms with E-state index in [9.17, 15) is 29.7 Å². The fraction of sp³-hybridized carbons (Fsp3) is 0.705. The highest BCUT2D eigenvalue weighted by Gasteiger charge is 2.52. The quantitative estimate of drug-likeness (QED) is 0.177. The first-order valence-electron chi connectivity index (χ1n) is 20.8. The molecule has 15 heteroatoms. The van der Waals surface area contributed by atoms with Crippen molar-refractivity contribution in [3.63, 3.8) is 0 Å². The number of primary amides is 1. The molecule has 0 saturated carbocycles. The average Bonchev–Trinajstić information content (AvgIpc) is 3.19. The van der Waals surface area contributed by atoms with E-state index in [-0.39, 0.29) is 57.3 Å². The third-order valence-corrected chi connectivity index (χ3v) is 12.4. The molecule has 3 saturated heterocycles. The van der Waals surface area contributed by atoms with Crippen LogP contribution in [-0.4, -0.2) is 132 Å². The van der Waals surface area contributed by atoms with E-state index >= 15 is 0 Å². The van der Waals surface area contributed by atoms with E-state index in [1.165, 1.54) is 0 Å². The summed E-state index contributed by atoms with van der Waals surface area (Å²) in [5.41, 5.74) is 4.76. The van der Waals surface area contributed by atoms with Crippen molar-refractivity contribution in [1.82, 2.24) is 10.2 Å². The normalized spacial score (nSPS) is 38.4. The molecule has 1 aromatic rings. The van der Waals surface area contributed by atoms with Crippen LogP contribution < -0.4 is 11.1 Å². The molecule has 0 radical (unpaired) electrons. The van der Waals surface area contributed by atoms with Crippen molar-refractivity contribution >= 4 is 18.0 Å². The predicted molar refractivity (Wildman–Crippen MR) is 220 cm³/mol. The first-order valence-corrected chi connectivity index (χ1v) is 20.8. The number of benzene rings is 1. The van der Waals surface area contributed by atoms with Gasteiger partial charge in [0.15, 0.2) is 6.29 Å². The Kier molecular flexibility index (Phi) is 16.7. The number of carbonyl (C=O) groups is 3. The molecular weight excluding hydrogens is 762 g/mol. The van der Waals surface area contributed by atoms with Gasteiger partial charge in [-0.3, -0.25) is 9.59 Å². The molecule has 6 N–H and O–H groups in total. The lowest BCUT2D eigenvalue weighted by Gasteiger charge is -2.48. The molecule has 332 valence electrons. The topological polar surface area (TPSA) is 209 Å². The molecule has 3 fully saturated rings. The van der Waals surface area contributed by atoms with Crippen molar-refractivity contribution in [2.24, 2.45) is 29.4 Å². The summed E-state index contributed by atoms with van der Waals surface area (Å²) in [5.74, 6) is -4.01. The molecule has 3 heterocycles. The van der Waals surface area contributed by atoms with Gasteiger partial charge in [0.25, 0.3) is 0 Å². The summed E-state index contributed by atoms with van der Waals surface area (Å²) in [7, 11) is 3.77. The van der Waals surface area contributed by atoms with E-state index in [2.05, 4.69) is 11.9 Å². The zero-order valence-corrected chi connectivity index (χ0v) is 36.5. The number of hydrogen-bond acceptors (Lipinski definition) is 13. The number of carbonyl (C=O) groups excluding carboxylic acids is 3. The molecule has 3 aliphatic heterocycles. The third kappa shape index (κ3) is 11.7. The number of rotatable bonds is 9. The number of ether oxygens (including phenoxy) is 6. The van der Waals surface area contributed by atoms with Crippen molar-refractivity contribution in [3.05, 3.63) is 59.2 Å². The van der Waals surface area contributed by atoms with Crippen molar-refractivity contribution in [3.8, 4) is 0 Å². The van der Waals surface area contributed by atoms with Crippen LogP contribution in [0.2, 0.25) is 0 Å². The molecule has 15 nitrogen and oxygen atoms in total. The Balaban J connectivity index is 1.79. The van der Waals surface area contributed by atoms with Crippen LogP contribution in [0, 0.1) is 23.7 Å². The summed E-state index contributed by atoms with van der Waals surface area (Å²) in [6, 6.07) is 6.32. The molecule has 2 unspecified atom stereocenters. The third-order valence-electron chi connectivity index (χ3n) is 12.4. The molecule has 0 aromatic heterocycles. The summed E-state index contributed by atoms with van der Waals surface area (Å²) in [5, 5.41) is 38.7. The van der Waals surface area contributed by atoms with Gasteiger partial charge < -0.3 is 59.7 Å². The van der Waals surface area contributed by atoms with Gasteiger partial charge in [-0.1, -0.05) is 52.0 Å². The standard InChI is InChI=1S/C44H69N3O12/c1-12-34-44(9,53)38-27(5)32(16-17-54-42(52)46-21-30-14-13-15-31(19-30)39(45)50)25(3)20-43(8,56-23-24(2)22-55-38)37(28(6)35(48)29(7)40(51)58-34)59-41-36(49)33(47(10)11)18-26(4)57-41/h13-16,19,25-29,33-38,41,48-49,53H,2,12,17-18,20-23H2,1,3-11H3,(H2,45,50)(H,46,52)/b32-16+/t25-,26-,27+,28+,29-,33+,34-,35+,36-,37-,38?,41?,43-,44-/m1/s1. The van der Waals surface area contributed by atoms with Crippen LogP contribution in [-0.2, 0) is 39.8 Å². The molecule has 2 amide bonds. The molecule has 4 rings (SSSR count). The fourth-order valence-electron chi connectivity index (χ4n) is 9.05. The minimum absolute atomic E-state index is 0.00424. The maximum Gasteiger partial charge on any atom is 0.407 e. The van der Waals surface area contributed by atoms with Crippen molar-refractivity contribution < 1.29 is 58.1 Å². The molecular formula is C44H69N3O12. The lowest BCUT2D eigenvalue weighted by atomic mass is 9.72. The van der Waals surface area contributed by atoms with E-state index in [1.54, 1.807) is 58.0 Å². The highest BCUT2D eigenvalue weighted by atomic mass is 16.7. The number of nitrogens with two attached hydrogens (primary N) is 1. The summed E-state index contributed by atoms with van der Waals surface area (Å²) < 4.78 is 38.1. The van der Waals surface area contributed by atoms with Crippen LogP contribution in [0.25, 0.3) is 0 Å². The van der Waals surface area contributed by atoms with Gasteiger partial charge in [-0.2, -0.15) is 0 Å². The van der Waals surface area contributed by atoms with E-state index in [0.717, 1.165) is 5.57 Å². The average molecular weight is 832 g/mol. The van der Waals surface area contributed by atoms with Crippen LogP contribution in [0.1, 0.15) is 90.6 Å². The monoisotopic (exact) mass is 831 g/mol. The number of cyclic esters (lactones) is 1. The Morgan fingerprint density at radius 3 is 2.42 bits per heavy atom. The maximum atomic E-state index is 13.9. The van der Waals surface area contributed by atoms with Crippen molar-refractivity contribution in [2.75, 3.05) is 33.9 Å². The van der Waals surface area contributed by atoms with Crippen LogP contribution in [0.15, 0.2) is 48.1 Å². The first kappa shape index (κ1) is 48.3. The minimum Gasteiger partial charge on any atom is -0.459 e. The Morgan fingerprint density at radius 2 is 1.78 bits per heavy atom. The Labute approximate surface area is 349 Å². The number of amides is 2. The second-order valence-electron chi connectivity index (χ2n) is 17.5. The number of alkyl carbamates (subject to hydrolysis) is 1.